The largest absolute Gasteiger partial charge is 0.471 e. The average molecular weight is 287 g/mol. The summed E-state index contributed by atoms with van der Waals surface area (Å²) in [5.74, 6) is -2.02. The van der Waals surface area contributed by atoms with Crippen LogP contribution in [-0.4, -0.2) is 22.8 Å². The van der Waals surface area contributed by atoms with Gasteiger partial charge in [-0.1, -0.05) is 24.3 Å². The predicted octanol–water partition coefficient (Wildman–Crippen LogP) is 2.63. The molecule has 1 atom stereocenters. The number of aryl methyl sites for hydroxylation is 1. The van der Waals surface area contributed by atoms with E-state index in [9.17, 15) is 23.1 Å². The maximum absolute atomic E-state index is 12.4. The van der Waals surface area contributed by atoms with E-state index >= 15 is 0 Å². The number of aliphatic hydroxyl groups is 1. The number of hydrogen-bond acceptors (Lipinski definition) is 2. The Kier molecular flexibility index (Phi) is 3.77. The highest BCUT2D eigenvalue weighted by Gasteiger charge is 2.48. The molecular formula is C14H16F3NO2. The van der Waals surface area contributed by atoms with Crippen molar-refractivity contribution in [3.63, 3.8) is 0 Å². The normalized spacial score (nSPS) is 19.1. The zero-order valence-corrected chi connectivity index (χ0v) is 11.0. The van der Waals surface area contributed by atoms with Crippen LogP contribution < -0.4 is 5.32 Å². The second-order valence-corrected chi connectivity index (χ2v) is 5.22. The Balaban J connectivity index is 2.32. The number of alkyl halides is 3. The van der Waals surface area contributed by atoms with Crippen LogP contribution in [0.2, 0.25) is 0 Å². The lowest BCUT2D eigenvalue weighted by Gasteiger charge is -2.44. The number of benzene rings is 1. The quantitative estimate of drug-likeness (QED) is 0.898. The van der Waals surface area contributed by atoms with Crippen molar-refractivity contribution in [1.29, 1.82) is 0 Å². The van der Waals surface area contributed by atoms with Crippen molar-refractivity contribution in [3.05, 3.63) is 35.4 Å². The van der Waals surface area contributed by atoms with E-state index in [1.54, 1.807) is 31.2 Å². The number of carbonyl (C=O) groups excluding carboxylic acids is 1. The van der Waals surface area contributed by atoms with E-state index in [1.165, 1.54) is 0 Å². The summed E-state index contributed by atoms with van der Waals surface area (Å²) < 4.78 is 37.3. The van der Waals surface area contributed by atoms with E-state index in [0.717, 1.165) is 12.0 Å². The fourth-order valence-electron chi connectivity index (χ4n) is 2.45. The van der Waals surface area contributed by atoms with Crippen LogP contribution in [0.1, 0.15) is 36.4 Å². The van der Waals surface area contributed by atoms with Gasteiger partial charge in [0.2, 0.25) is 0 Å². The highest BCUT2D eigenvalue weighted by atomic mass is 19.4. The molecule has 1 saturated carbocycles. The molecule has 1 aromatic rings. The van der Waals surface area contributed by atoms with Crippen LogP contribution in [0.4, 0.5) is 13.2 Å². The second-order valence-electron chi connectivity index (χ2n) is 5.22. The summed E-state index contributed by atoms with van der Waals surface area (Å²) in [7, 11) is 0. The molecule has 2 rings (SSSR count). The first-order valence-corrected chi connectivity index (χ1v) is 6.40. The molecule has 1 aliphatic rings. The first-order chi connectivity index (χ1) is 9.24. The van der Waals surface area contributed by atoms with Gasteiger partial charge in [-0.15, -0.1) is 0 Å². The highest BCUT2D eigenvalue weighted by Crippen LogP contribution is 2.43. The van der Waals surface area contributed by atoms with Gasteiger partial charge in [-0.2, -0.15) is 13.2 Å². The molecule has 1 unspecified atom stereocenters. The number of hydrogen-bond donors (Lipinski definition) is 2. The topological polar surface area (TPSA) is 49.3 Å². The van der Waals surface area contributed by atoms with Crippen molar-refractivity contribution in [2.24, 2.45) is 0 Å². The third-order valence-electron chi connectivity index (χ3n) is 3.79. The van der Waals surface area contributed by atoms with Crippen molar-refractivity contribution in [2.75, 3.05) is 0 Å². The van der Waals surface area contributed by atoms with E-state index in [2.05, 4.69) is 0 Å². The van der Waals surface area contributed by atoms with Crippen LogP contribution in [0.15, 0.2) is 24.3 Å². The lowest BCUT2D eigenvalue weighted by molar-refractivity contribution is -0.177. The van der Waals surface area contributed by atoms with Crippen molar-refractivity contribution >= 4 is 5.91 Å². The summed E-state index contributed by atoms with van der Waals surface area (Å²) in [4.78, 5) is 11.2. The van der Waals surface area contributed by atoms with Gasteiger partial charge in [0.15, 0.2) is 0 Å². The molecule has 2 N–H and O–H groups in total. The lowest BCUT2D eigenvalue weighted by atomic mass is 9.72. The van der Waals surface area contributed by atoms with Crippen molar-refractivity contribution in [3.8, 4) is 0 Å². The molecule has 0 saturated heterocycles. The Morgan fingerprint density at radius 1 is 1.35 bits per heavy atom. The fraction of sp³-hybridized carbons (Fsp3) is 0.500. The van der Waals surface area contributed by atoms with Gasteiger partial charge >= 0.3 is 12.1 Å². The lowest BCUT2D eigenvalue weighted by Crippen LogP contribution is -2.53. The van der Waals surface area contributed by atoms with Crippen molar-refractivity contribution in [2.45, 2.75) is 44.0 Å². The molecule has 1 amide bonds. The van der Waals surface area contributed by atoms with Crippen LogP contribution in [0.5, 0.6) is 0 Å². The molecule has 1 fully saturated rings. The Morgan fingerprint density at radius 2 is 1.95 bits per heavy atom. The molecule has 20 heavy (non-hydrogen) atoms. The minimum Gasteiger partial charge on any atom is -0.387 e. The summed E-state index contributed by atoms with van der Waals surface area (Å²) in [5, 5.41) is 12.3. The van der Waals surface area contributed by atoms with Crippen LogP contribution in [-0.2, 0) is 4.79 Å². The van der Waals surface area contributed by atoms with E-state index in [1.807, 2.05) is 5.32 Å². The number of halogens is 3. The van der Waals surface area contributed by atoms with Crippen LogP contribution in [0.3, 0.4) is 0 Å². The maximum Gasteiger partial charge on any atom is 0.471 e. The van der Waals surface area contributed by atoms with Crippen molar-refractivity contribution in [1.82, 2.24) is 5.32 Å². The fourth-order valence-corrected chi connectivity index (χ4v) is 2.45. The SMILES string of the molecule is Cc1ccccc1C(NC(=O)C(F)(F)F)C1(O)CCC1. The highest BCUT2D eigenvalue weighted by molar-refractivity contribution is 5.82. The molecule has 0 spiro atoms. The monoisotopic (exact) mass is 287 g/mol. The van der Waals surface area contributed by atoms with Gasteiger partial charge in [0.05, 0.1) is 11.6 Å². The summed E-state index contributed by atoms with van der Waals surface area (Å²) in [5.41, 5.74) is -0.0416. The van der Waals surface area contributed by atoms with Gasteiger partial charge in [-0.3, -0.25) is 4.79 Å². The minimum atomic E-state index is -4.96. The smallest absolute Gasteiger partial charge is 0.387 e. The molecular weight excluding hydrogens is 271 g/mol. The van der Waals surface area contributed by atoms with Crippen LogP contribution in [0, 0.1) is 6.92 Å². The molecule has 1 aliphatic carbocycles. The van der Waals surface area contributed by atoms with E-state index in [0.29, 0.717) is 18.4 Å². The molecule has 0 aromatic heterocycles. The van der Waals surface area contributed by atoms with Gasteiger partial charge < -0.3 is 10.4 Å². The van der Waals surface area contributed by atoms with Crippen molar-refractivity contribution < 1.29 is 23.1 Å². The van der Waals surface area contributed by atoms with Gasteiger partial charge in [0.1, 0.15) is 0 Å². The van der Waals surface area contributed by atoms with Gasteiger partial charge in [-0.05, 0) is 37.3 Å². The molecule has 3 nitrogen and oxygen atoms in total. The average Bonchev–Trinajstić information content (AvgIpc) is 2.33. The minimum absolute atomic E-state index is 0.379. The number of amides is 1. The zero-order chi connectivity index (χ0) is 15.0. The molecule has 6 heteroatoms. The molecule has 0 bridgehead atoms. The Labute approximate surface area is 114 Å². The Morgan fingerprint density at radius 3 is 2.40 bits per heavy atom. The molecule has 110 valence electrons. The maximum atomic E-state index is 12.4. The Bertz CT molecular complexity index is 509. The van der Waals surface area contributed by atoms with E-state index in [-0.39, 0.29) is 0 Å². The number of carbonyl (C=O) groups is 1. The molecule has 0 aliphatic heterocycles. The summed E-state index contributed by atoms with van der Waals surface area (Å²) in [6, 6.07) is 5.77. The first kappa shape index (κ1) is 14.8. The predicted molar refractivity (Wildman–Crippen MR) is 66.9 cm³/mol. The summed E-state index contributed by atoms with van der Waals surface area (Å²) in [6.45, 7) is 1.74. The van der Waals surface area contributed by atoms with Crippen LogP contribution >= 0.6 is 0 Å². The Hall–Kier alpha value is -1.56. The molecule has 0 heterocycles. The third kappa shape index (κ3) is 2.80. The standard InChI is InChI=1S/C14H16F3NO2/c1-9-5-2-3-6-10(9)11(13(20)7-4-8-13)18-12(19)14(15,16)17/h2-3,5-6,11,20H,4,7-8H2,1H3,(H,18,19). The summed E-state index contributed by atoms with van der Waals surface area (Å²) >= 11 is 0. The number of nitrogens with one attached hydrogen (secondary N) is 1. The van der Waals surface area contributed by atoms with Gasteiger partial charge in [0.25, 0.3) is 0 Å². The first-order valence-electron chi connectivity index (χ1n) is 6.40. The molecule has 1 aromatic carbocycles. The third-order valence-corrected chi connectivity index (χ3v) is 3.79. The number of rotatable bonds is 3. The van der Waals surface area contributed by atoms with Crippen LogP contribution in [0.25, 0.3) is 0 Å². The zero-order valence-electron chi connectivity index (χ0n) is 11.0. The van der Waals surface area contributed by atoms with E-state index in [4.69, 9.17) is 0 Å². The van der Waals surface area contributed by atoms with E-state index < -0.39 is 23.7 Å². The van der Waals surface area contributed by atoms with Gasteiger partial charge in [0, 0.05) is 0 Å². The van der Waals surface area contributed by atoms with Gasteiger partial charge in [-0.25, -0.2) is 0 Å². The summed E-state index contributed by atoms with van der Waals surface area (Å²) in [6.07, 6.45) is -3.46. The second kappa shape index (κ2) is 5.09. The molecule has 0 radical (unpaired) electrons.